The molecule has 0 heteroatoms. The Morgan fingerprint density at radius 3 is 0.742 bits per heavy atom. The lowest BCUT2D eigenvalue weighted by Gasteiger charge is -2.17. The lowest BCUT2D eigenvalue weighted by molar-refractivity contribution is 0.357. The Bertz CT molecular complexity index is 307. The van der Waals surface area contributed by atoms with Crippen molar-refractivity contribution in [3.8, 4) is 0 Å². The normalized spacial score (nSPS) is 12.0. The third-order valence-electron chi connectivity index (χ3n) is 5.43. The summed E-state index contributed by atoms with van der Waals surface area (Å²) in [6.07, 6.45) is 15.0. The smallest absolute Gasteiger partial charge is 0.0383 e. The van der Waals surface area contributed by atoms with Gasteiger partial charge < -0.3 is 0 Å². The van der Waals surface area contributed by atoms with Crippen LogP contribution in [0, 0.1) is 21.7 Å². The van der Waals surface area contributed by atoms with E-state index in [4.69, 9.17) is 0 Å². The maximum Gasteiger partial charge on any atom is -0.0383 e. The van der Waals surface area contributed by atoms with Gasteiger partial charge in [-0.1, -0.05) is 169 Å². The lowest BCUT2D eigenvalue weighted by atomic mass is 9.89. The van der Waals surface area contributed by atoms with Crippen LogP contribution < -0.4 is 0 Å². The zero-order valence-corrected chi connectivity index (χ0v) is 25.8. The summed E-state index contributed by atoms with van der Waals surface area (Å²) in [5.74, 6) is 0. The molecule has 0 heterocycles. The average molecular weight is 443 g/mol. The third-order valence-corrected chi connectivity index (χ3v) is 5.43. The van der Waals surface area contributed by atoms with Crippen LogP contribution in [0.3, 0.4) is 0 Å². The zero-order chi connectivity index (χ0) is 25.8. The predicted octanol–water partition coefficient (Wildman–Crippen LogP) is 12.5. The van der Waals surface area contributed by atoms with Gasteiger partial charge in [-0.25, -0.2) is 0 Å². The van der Waals surface area contributed by atoms with E-state index in [1.807, 2.05) is 0 Å². The molecule has 0 rings (SSSR count). The fourth-order valence-corrected chi connectivity index (χ4v) is 1.99. The van der Waals surface area contributed by atoms with Crippen molar-refractivity contribution in [3.05, 3.63) is 0 Å². The van der Waals surface area contributed by atoms with E-state index in [2.05, 4.69) is 111 Å². The van der Waals surface area contributed by atoms with Crippen molar-refractivity contribution in [2.24, 2.45) is 21.7 Å². The molecule has 0 N–H and O–H groups in total. The SMILES string of the molecule is CCC(C)(C)C.CCC(C)(C)C.CCCCCC(C)(C)C.CCCCCCC(C)(C)C. The van der Waals surface area contributed by atoms with E-state index in [1.54, 1.807) is 0 Å². The van der Waals surface area contributed by atoms with E-state index in [0.29, 0.717) is 21.7 Å². The van der Waals surface area contributed by atoms with E-state index >= 15 is 0 Å². The second kappa shape index (κ2) is 20.6. The van der Waals surface area contributed by atoms with Crippen molar-refractivity contribution in [2.75, 3.05) is 0 Å². The average Bonchev–Trinajstić information content (AvgIpc) is 2.58. The number of hydrogen-bond donors (Lipinski definition) is 0. The fourth-order valence-electron chi connectivity index (χ4n) is 1.99. The molecule has 0 saturated heterocycles. The molecule has 31 heavy (non-hydrogen) atoms. The maximum atomic E-state index is 2.32. The molecule has 0 nitrogen and oxygen atoms in total. The van der Waals surface area contributed by atoms with Crippen LogP contribution in [0.15, 0.2) is 0 Å². The first-order valence-electron chi connectivity index (χ1n) is 13.7. The van der Waals surface area contributed by atoms with E-state index in [-0.39, 0.29) is 0 Å². The first kappa shape index (κ1) is 38.3. The quantitative estimate of drug-likeness (QED) is 0.344. The van der Waals surface area contributed by atoms with Gasteiger partial charge in [-0.05, 0) is 34.5 Å². The van der Waals surface area contributed by atoms with Gasteiger partial charge in [0, 0.05) is 0 Å². The van der Waals surface area contributed by atoms with E-state index in [0.717, 1.165) is 0 Å². The summed E-state index contributed by atoms with van der Waals surface area (Å²) >= 11 is 0. The van der Waals surface area contributed by atoms with E-state index < -0.39 is 0 Å². The molecule has 0 aliphatic carbocycles. The van der Waals surface area contributed by atoms with Gasteiger partial charge in [0.1, 0.15) is 0 Å². The molecule has 0 fully saturated rings. The zero-order valence-electron chi connectivity index (χ0n) is 25.8. The maximum absolute atomic E-state index is 2.32. The minimum Gasteiger partial charge on any atom is -0.0654 e. The number of unbranched alkanes of at least 4 members (excludes halogenated alkanes) is 5. The largest absolute Gasteiger partial charge is 0.0654 e. The molecule has 0 amide bonds. The molecule has 0 atom stereocenters. The second-order valence-corrected chi connectivity index (χ2v) is 14.2. The van der Waals surface area contributed by atoms with E-state index in [1.165, 1.54) is 70.6 Å². The molecule has 0 aliphatic rings. The van der Waals surface area contributed by atoms with Gasteiger partial charge >= 0.3 is 0 Å². The van der Waals surface area contributed by atoms with Gasteiger partial charge in [0.05, 0.1) is 0 Å². The van der Waals surface area contributed by atoms with Crippen LogP contribution in [-0.2, 0) is 0 Å². The summed E-state index contributed by atoms with van der Waals surface area (Å²) in [4.78, 5) is 0. The molecule has 194 valence electrons. The Labute approximate surface area is 203 Å². The second-order valence-electron chi connectivity index (χ2n) is 14.2. The Hall–Kier alpha value is 0. The molecular formula is C31H70. The molecular weight excluding hydrogens is 372 g/mol. The number of rotatable bonds is 7. The van der Waals surface area contributed by atoms with Crippen molar-refractivity contribution in [3.63, 3.8) is 0 Å². The van der Waals surface area contributed by atoms with Crippen LogP contribution in [0.25, 0.3) is 0 Å². The summed E-state index contributed by atoms with van der Waals surface area (Å²) in [5, 5.41) is 0. The molecule has 0 aromatic heterocycles. The highest BCUT2D eigenvalue weighted by molar-refractivity contribution is 4.61. The summed E-state index contributed by atoms with van der Waals surface area (Å²) in [7, 11) is 0. The van der Waals surface area contributed by atoms with Gasteiger partial charge in [-0.15, -0.1) is 0 Å². The molecule has 0 aromatic rings. The highest BCUT2D eigenvalue weighted by Crippen LogP contribution is 2.22. The Kier molecular flexibility index (Phi) is 25.4. The monoisotopic (exact) mass is 443 g/mol. The topological polar surface area (TPSA) is 0 Å². The predicted molar refractivity (Wildman–Crippen MR) is 151 cm³/mol. The summed E-state index contributed by atoms with van der Waals surface area (Å²) < 4.78 is 0. The molecule has 0 unspecified atom stereocenters. The minimum atomic E-state index is 0.542. The highest BCUT2D eigenvalue weighted by Gasteiger charge is 2.08. The molecule has 0 spiro atoms. The van der Waals surface area contributed by atoms with Gasteiger partial charge in [-0.2, -0.15) is 0 Å². The van der Waals surface area contributed by atoms with Crippen LogP contribution in [0.1, 0.15) is 181 Å². The summed E-state index contributed by atoms with van der Waals surface area (Å²) in [5.41, 5.74) is 2.18. The first-order chi connectivity index (χ1) is 13.7. The van der Waals surface area contributed by atoms with Crippen molar-refractivity contribution in [1.82, 2.24) is 0 Å². The molecule has 0 aromatic carbocycles. The Morgan fingerprint density at radius 1 is 0.323 bits per heavy atom. The van der Waals surface area contributed by atoms with Gasteiger partial charge in [0.25, 0.3) is 0 Å². The summed E-state index contributed by atoms with van der Waals surface area (Å²) in [6.45, 7) is 36.3. The molecule has 0 saturated carbocycles. The lowest BCUT2D eigenvalue weighted by Crippen LogP contribution is -2.03. The minimum absolute atomic E-state index is 0.542. The van der Waals surface area contributed by atoms with Crippen LogP contribution in [0.5, 0.6) is 0 Å². The molecule has 0 aliphatic heterocycles. The fraction of sp³-hybridized carbons (Fsp3) is 1.00. The molecule has 0 bridgehead atoms. The van der Waals surface area contributed by atoms with Crippen LogP contribution >= 0.6 is 0 Å². The van der Waals surface area contributed by atoms with E-state index in [9.17, 15) is 0 Å². The first-order valence-corrected chi connectivity index (χ1v) is 13.7. The van der Waals surface area contributed by atoms with Gasteiger partial charge in [0.2, 0.25) is 0 Å². The van der Waals surface area contributed by atoms with Crippen molar-refractivity contribution >= 4 is 0 Å². The summed E-state index contributed by atoms with van der Waals surface area (Å²) in [6, 6.07) is 0. The third kappa shape index (κ3) is 65.2. The van der Waals surface area contributed by atoms with Gasteiger partial charge in [0.15, 0.2) is 0 Å². The standard InChI is InChI=1S/C10H22.C9H20.2C6H14/c1-5-6-7-8-9-10(2,3)4;1-5-6-7-8-9(2,3)4;2*1-5-6(2,3)4/h5-9H2,1-4H3;5-8H2,1-4H3;2*5H2,1-4H3. The highest BCUT2D eigenvalue weighted by atomic mass is 14.1. The Balaban J connectivity index is -0.000000161. The molecule has 0 radical (unpaired) electrons. The van der Waals surface area contributed by atoms with Crippen LogP contribution in [0.4, 0.5) is 0 Å². The van der Waals surface area contributed by atoms with Crippen LogP contribution in [0.2, 0.25) is 0 Å². The van der Waals surface area contributed by atoms with Crippen molar-refractivity contribution in [1.29, 1.82) is 0 Å². The Morgan fingerprint density at radius 2 is 0.548 bits per heavy atom. The van der Waals surface area contributed by atoms with Crippen molar-refractivity contribution in [2.45, 2.75) is 181 Å². The van der Waals surface area contributed by atoms with Crippen molar-refractivity contribution < 1.29 is 0 Å². The van der Waals surface area contributed by atoms with Crippen LogP contribution in [-0.4, -0.2) is 0 Å². The van der Waals surface area contributed by atoms with Gasteiger partial charge in [-0.3, -0.25) is 0 Å². The number of hydrogen-bond acceptors (Lipinski definition) is 0.